The predicted molar refractivity (Wildman–Crippen MR) is 45.0 cm³/mol. The summed E-state index contributed by atoms with van der Waals surface area (Å²) < 4.78 is 5.91. The molecular weight excluding hydrogens is 158 g/mol. The molecule has 1 aliphatic rings. The second kappa shape index (κ2) is 3.31. The fourth-order valence-electron chi connectivity index (χ4n) is 1.29. The predicted octanol–water partition coefficient (Wildman–Crippen LogP) is 0.475. The van der Waals surface area contributed by atoms with Gasteiger partial charge in [-0.25, -0.2) is 0 Å². The molecule has 70 valence electrons. The molecule has 0 aromatic carbocycles. The van der Waals surface area contributed by atoms with Crippen molar-refractivity contribution in [2.45, 2.75) is 38.3 Å². The molecule has 1 aliphatic heterocycles. The second-order valence-corrected chi connectivity index (χ2v) is 3.72. The van der Waals surface area contributed by atoms with Gasteiger partial charge in [0.2, 0.25) is 0 Å². The number of hydrogen-bond acceptors (Lipinski definition) is 3. The molecule has 1 unspecified atom stereocenters. The number of nitrogens with zero attached hydrogens (tertiary/aromatic N) is 1. The number of hydroxylamine groups is 1. The molecule has 0 saturated carbocycles. The fourth-order valence-corrected chi connectivity index (χ4v) is 1.29. The van der Waals surface area contributed by atoms with Gasteiger partial charge in [0, 0.05) is 26.9 Å². The van der Waals surface area contributed by atoms with Crippen LogP contribution in [-0.4, -0.2) is 34.5 Å². The molecule has 0 saturated heterocycles. The highest BCUT2D eigenvalue weighted by atomic mass is 16.6. The average molecular weight is 173 g/mol. The van der Waals surface area contributed by atoms with Crippen molar-refractivity contribution in [3.05, 3.63) is 5.21 Å². The molecule has 0 fully saturated rings. The number of aliphatic hydroxyl groups excluding tert-OH is 1. The summed E-state index contributed by atoms with van der Waals surface area (Å²) in [7, 11) is 0. The van der Waals surface area contributed by atoms with Gasteiger partial charge in [0.1, 0.15) is 6.10 Å². The van der Waals surface area contributed by atoms with Crippen molar-refractivity contribution in [3.63, 3.8) is 0 Å². The molecule has 0 radical (unpaired) electrons. The zero-order valence-corrected chi connectivity index (χ0v) is 7.49. The molecule has 1 heterocycles. The Bertz CT molecular complexity index is 189. The van der Waals surface area contributed by atoms with Crippen molar-refractivity contribution >= 4 is 6.40 Å². The smallest absolute Gasteiger partial charge is 0.335 e. The van der Waals surface area contributed by atoms with Crippen molar-refractivity contribution in [2.75, 3.05) is 6.61 Å². The Morgan fingerprint density at radius 1 is 1.75 bits per heavy atom. The van der Waals surface area contributed by atoms with Gasteiger partial charge in [0.25, 0.3) is 0 Å². The monoisotopic (exact) mass is 173 g/mol. The Hall–Kier alpha value is -0.770. The van der Waals surface area contributed by atoms with Gasteiger partial charge in [-0.2, -0.15) is 4.74 Å². The highest BCUT2D eigenvalue weighted by Crippen LogP contribution is 2.22. The van der Waals surface area contributed by atoms with E-state index in [1.165, 1.54) is 6.40 Å². The van der Waals surface area contributed by atoms with Gasteiger partial charge in [-0.1, -0.05) is 0 Å². The summed E-state index contributed by atoms with van der Waals surface area (Å²) in [5.41, 5.74) is -0.405. The van der Waals surface area contributed by atoms with Gasteiger partial charge >= 0.3 is 6.40 Å². The van der Waals surface area contributed by atoms with Crippen LogP contribution in [0.5, 0.6) is 0 Å². The Kier molecular flexibility index (Phi) is 2.57. The lowest BCUT2D eigenvalue weighted by Crippen LogP contribution is -2.43. The van der Waals surface area contributed by atoms with Crippen LogP contribution in [0.15, 0.2) is 0 Å². The van der Waals surface area contributed by atoms with E-state index in [9.17, 15) is 5.21 Å². The van der Waals surface area contributed by atoms with Crippen LogP contribution in [0.25, 0.3) is 0 Å². The minimum atomic E-state index is -0.405. The van der Waals surface area contributed by atoms with E-state index in [-0.39, 0.29) is 12.7 Å². The van der Waals surface area contributed by atoms with Crippen LogP contribution >= 0.6 is 0 Å². The number of aliphatic hydroxyl groups is 1. The van der Waals surface area contributed by atoms with E-state index < -0.39 is 5.54 Å². The molecule has 0 amide bonds. The molecule has 4 nitrogen and oxygen atoms in total. The molecule has 0 bridgehead atoms. The Balaban J connectivity index is 2.59. The van der Waals surface area contributed by atoms with Crippen LogP contribution in [0.3, 0.4) is 0 Å². The Labute approximate surface area is 72.0 Å². The van der Waals surface area contributed by atoms with E-state index in [0.29, 0.717) is 12.8 Å². The van der Waals surface area contributed by atoms with Gasteiger partial charge in [-0.3, -0.25) is 0 Å². The van der Waals surface area contributed by atoms with Crippen LogP contribution in [0.1, 0.15) is 26.7 Å². The molecule has 0 spiro atoms. The number of rotatable bonds is 2. The molecule has 12 heavy (non-hydrogen) atoms. The minimum absolute atomic E-state index is 0.0183. The molecule has 0 aromatic heterocycles. The molecular formula is C8H15NO3. The van der Waals surface area contributed by atoms with Gasteiger partial charge < -0.3 is 15.1 Å². The van der Waals surface area contributed by atoms with Gasteiger partial charge in [-0.15, -0.1) is 0 Å². The van der Waals surface area contributed by atoms with E-state index in [0.717, 1.165) is 4.74 Å². The van der Waals surface area contributed by atoms with Gasteiger partial charge in [0.05, 0.1) is 6.42 Å². The largest absolute Gasteiger partial charge is 0.621 e. The van der Waals surface area contributed by atoms with E-state index >= 15 is 0 Å². The van der Waals surface area contributed by atoms with Crippen LogP contribution in [0.2, 0.25) is 0 Å². The van der Waals surface area contributed by atoms with E-state index in [4.69, 9.17) is 9.84 Å². The van der Waals surface area contributed by atoms with Crippen molar-refractivity contribution in [3.8, 4) is 0 Å². The molecule has 1 atom stereocenters. The topological polar surface area (TPSA) is 55.5 Å². The van der Waals surface area contributed by atoms with Crippen LogP contribution in [0, 0.1) is 5.21 Å². The normalized spacial score (nSPS) is 27.6. The standard InChI is InChI=1S/C8H15NO3/c1-8(2)5-7(3-4-10)12-6-9(8)11/h6-7,10H,3-5H2,1-2H3. The maximum absolute atomic E-state index is 11.1. The summed E-state index contributed by atoms with van der Waals surface area (Å²) in [6.07, 6.45) is 2.43. The first-order chi connectivity index (χ1) is 5.56. The summed E-state index contributed by atoms with van der Waals surface area (Å²) in [5.74, 6) is 0. The third-order valence-electron chi connectivity index (χ3n) is 2.12. The summed E-state index contributed by atoms with van der Waals surface area (Å²) in [4.78, 5) is 0. The highest BCUT2D eigenvalue weighted by Gasteiger charge is 2.35. The Morgan fingerprint density at radius 3 is 2.92 bits per heavy atom. The van der Waals surface area contributed by atoms with Crippen molar-refractivity contribution in [2.24, 2.45) is 0 Å². The lowest BCUT2D eigenvalue weighted by atomic mass is 9.95. The van der Waals surface area contributed by atoms with Gasteiger partial charge in [-0.05, 0) is 0 Å². The average Bonchev–Trinajstić information content (AvgIpc) is 1.97. The van der Waals surface area contributed by atoms with Crippen LogP contribution in [-0.2, 0) is 4.74 Å². The first-order valence-electron chi connectivity index (χ1n) is 4.12. The quantitative estimate of drug-likeness (QED) is 0.488. The summed E-state index contributed by atoms with van der Waals surface area (Å²) in [6, 6.07) is 0. The van der Waals surface area contributed by atoms with Crippen LogP contribution in [0.4, 0.5) is 0 Å². The lowest BCUT2D eigenvalue weighted by molar-refractivity contribution is -0.556. The second-order valence-electron chi connectivity index (χ2n) is 3.72. The van der Waals surface area contributed by atoms with E-state index in [2.05, 4.69) is 0 Å². The highest BCUT2D eigenvalue weighted by molar-refractivity contribution is 5.41. The van der Waals surface area contributed by atoms with Crippen molar-refractivity contribution in [1.82, 2.24) is 0 Å². The number of hydrogen-bond donors (Lipinski definition) is 1. The molecule has 1 N–H and O–H groups in total. The zero-order valence-electron chi connectivity index (χ0n) is 7.49. The van der Waals surface area contributed by atoms with E-state index in [1.54, 1.807) is 0 Å². The van der Waals surface area contributed by atoms with Crippen molar-refractivity contribution in [1.29, 1.82) is 0 Å². The molecule has 0 aliphatic carbocycles. The third kappa shape index (κ3) is 1.88. The Morgan fingerprint density at radius 2 is 2.42 bits per heavy atom. The molecule has 4 heteroatoms. The van der Waals surface area contributed by atoms with Gasteiger partial charge in [0.15, 0.2) is 5.54 Å². The van der Waals surface area contributed by atoms with E-state index in [1.807, 2.05) is 13.8 Å². The van der Waals surface area contributed by atoms with Crippen LogP contribution < -0.4 is 0 Å². The maximum Gasteiger partial charge on any atom is 0.335 e. The fraction of sp³-hybridized carbons (Fsp3) is 0.875. The minimum Gasteiger partial charge on any atom is -0.621 e. The molecule has 1 rings (SSSR count). The SMILES string of the molecule is CC1(C)CC(CCO)OC=[N+]1[O-]. The zero-order chi connectivity index (χ0) is 9.19. The lowest BCUT2D eigenvalue weighted by Gasteiger charge is -2.31. The number of ether oxygens (including phenoxy) is 1. The van der Waals surface area contributed by atoms with Crippen molar-refractivity contribution < 1.29 is 14.6 Å². The summed E-state index contributed by atoms with van der Waals surface area (Å²) in [5, 5.41) is 19.8. The molecule has 0 aromatic rings. The summed E-state index contributed by atoms with van der Waals surface area (Å²) in [6.45, 7) is 3.83. The maximum atomic E-state index is 11.1. The first-order valence-corrected chi connectivity index (χ1v) is 4.12. The first kappa shape index (κ1) is 9.32. The third-order valence-corrected chi connectivity index (χ3v) is 2.12. The summed E-state index contributed by atoms with van der Waals surface area (Å²) >= 11 is 0.